The van der Waals surface area contributed by atoms with Crippen molar-refractivity contribution < 1.29 is 5.11 Å². The molecule has 0 fully saturated rings. The fourth-order valence-corrected chi connectivity index (χ4v) is 1.21. The molecule has 0 spiro atoms. The van der Waals surface area contributed by atoms with Crippen molar-refractivity contribution in [2.24, 2.45) is 11.5 Å². The summed E-state index contributed by atoms with van der Waals surface area (Å²) in [5.41, 5.74) is 10.8. The molecular formula is C5H8N2OS. The summed E-state index contributed by atoms with van der Waals surface area (Å²) in [6.07, 6.45) is 0. The zero-order chi connectivity index (χ0) is 6.91. The van der Waals surface area contributed by atoms with Crippen LogP contribution in [0, 0.1) is 0 Å². The minimum Gasteiger partial charge on any atom is -0.360 e. The highest BCUT2D eigenvalue weighted by Gasteiger charge is 2.16. The van der Waals surface area contributed by atoms with E-state index < -0.39 is 5.85 Å². The summed E-state index contributed by atoms with van der Waals surface area (Å²) in [7, 11) is 0. The summed E-state index contributed by atoms with van der Waals surface area (Å²) < 4.78 is 0. The molecule has 0 bridgehead atoms. The lowest BCUT2D eigenvalue weighted by Crippen LogP contribution is -2.45. The van der Waals surface area contributed by atoms with Gasteiger partial charge >= 0.3 is 0 Å². The van der Waals surface area contributed by atoms with Crippen LogP contribution < -0.4 is 11.5 Å². The Morgan fingerprint density at radius 1 is 1.56 bits per heavy atom. The molecule has 4 heteroatoms. The number of rotatable bonds is 1. The molecule has 0 aromatic carbocycles. The Kier molecular flexibility index (Phi) is 1.54. The van der Waals surface area contributed by atoms with Gasteiger partial charge in [0.25, 0.3) is 0 Å². The van der Waals surface area contributed by atoms with Gasteiger partial charge in [0.2, 0.25) is 0 Å². The van der Waals surface area contributed by atoms with Crippen LogP contribution in [-0.4, -0.2) is 5.11 Å². The second kappa shape index (κ2) is 2.07. The molecular weight excluding hydrogens is 136 g/mol. The first-order valence-electron chi connectivity index (χ1n) is 2.43. The van der Waals surface area contributed by atoms with E-state index in [1.165, 1.54) is 11.3 Å². The Labute approximate surface area is 56.9 Å². The molecule has 0 saturated heterocycles. The first kappa shape index (κ1) is 6.70. The van der Waals surface area contributed by atoms with Gasteiger partial charge in [-0.3, -0.25) is 11.5 Å². The molecule has 0 saturated carbocycles. The van der Waals surface area contributed by atoms with Gasteiger partial charge in [-0.15, -0.1) is 0 Å². The minimum absolute atomic E-state index is 0.549. The smallest absolute Gasteiger partial charge is 0.195 e. The fraction of sp³-hybridized carbons (Fsp3) is 0.200. The van der Waals surface area contributed by atoms with Gasteiger partial charge in [-0.05, 0) is 16.8 Å². The third-order valence-electron chi connectivity index (χ3n) is 0.984. The molecule has 9 heavy (non-hydrogen) atoms. The van der Waals surface area contributed by atoms with Crippen LogP contribution in [0.15, 0.2) is 16.8 Å². The molecule has 0 radical (unpaired) electrons. The topological polar surface area (TPSA) is 72.3 Å². The first-order valence-corrected chi connectivity index (χ1v) is 3.38. The van der Waals surface area contributed by atoms with Crippen molar-refractivity contribution in [2.75, 3.05) is 0 Å². The SMILES string of the molecule is NC(N)(O)c1ccsc1. The molecule has 0 unspecified atom stereocenters. The first-order chi connectivity index (χ1) is 4.11. The number of nitrogens with two attached hydrogens (primary N) is 2. The van der Waals surface area contributed by atoms with Crippen LogP contribution >= 0.6 is 11.3 Å². The Bertz CT molecular complexity index is 177. The number of hydrogen-bond acceptors (Lipinski definition) is 4. The highest BCUT2D eigenvalue weighted by atomic mass is 32.1. The highest BCUT2D eigenvalue weighted by Crippen LogP contribution is 2.12. The van der Waals surface area contributed by atoms with Crippen molar-refractivity contribution in [2.45, 2.75) is 5.85 Å². The van der Waals surface area contributed by atoms with E-state index in [0.29, 0.717) is 5.56 Å². The van der Waals surface area contributed by atoms with E-state index in [0.717, 1.165) is 0 Å². The third-order valence-corrected chi connectivity index (χ3v) is 1.67. The summed E-state index contributed by atoms with van der Waals surface area (Å²) in [6.45, 7) is 0. The van der Waals surface area contributed by atoms with E-state index >= 15 is 0 Å². The fourth-order valence-electron chi connectivity index (χ4n) is 0.492. The van der Waals surface area contributed by atoms with Crippen LogP contribution in [0.3, 0.4) is 0 Å². The Morgan fingerprint density at radius 2 is 2.22 bits per heavy atom. The Balaban J connectivity index is 2.90. The van der Waals surface area contributed by atoms with Crippen LogP contribution in [0.5, 0.6) is 0 Å². The zero-order valence-electron chi connectivity index (χ0n) is 4.74. The lowest BCUT2D eigenvalue weighted by molar-refractivity contribution is 0.0513. The molecule has 0 atom stereocenters. The summed E-state index contributed by atoms with van der Waals surface area (Å²) in [5, 5.41) is 12.5. The predicted octanol–water partition coefficient (Wildman–Crippen LogP) is -0.232. The molecule has 1 rings (SSSR count). The van der Waals surface area contributed by atoms with E-state index in [2.05, 4.69) is 0 Å². The van der Waals surface area contributed by atoms with Crippen molar-refractivity contribution in [1.29, 1.82) is 0 Å². The predicted molar refractivity (Wildman–Crippen MR) is 36.6 cm³/mol. The van der Waals surface area contributed by atoms with Crippen LogP contribution in [0.1, 0.15) is 5.56 Å². The number of hydrogen-bond donors (Lipinski definition) is 3. The van der Waals surface area contributed by atoms with Gasteiger partial charge in [-0.25, -0.2) is 0 Å². The number of aliphatic hydroxyl groups is 1. The van der Waals surface area contributed by atoms with Crippen molar-refractivity contribution in [1.82, 2.24) is 0 Å². The lowest BCUT2D eigenvalue weighted by Gasteiger charge is -2.14. The maximum absolute atomic E-state index is 8.94. The van der Waals surface area contributed by atoms with Crippen molar-refractivity contribution in [3.05, 3.63) is 22.4 Å². The second-order valence-electron chi connectivity index (χ2n) is 1.84. The van der Waals surface area contributed by atoms with Crippen LogP contribution in [0.25, 0.3) is 0 Å². The largest absolute Gasteiger partial charge is 0.360 e. The summed E-state index contributed by atoms with van der Waals surface area (Å²) in [4.78, 5) is 0. The third kappa shape index (κ3) is 1.49. The van der Waals surface area contributed by atoms with Gasteiger partial charge < -0.3 is 5.11 Å². The molecule has 3 nitrogen and oxygen atoms in total. The highest BCUT2D eigenvalue weighted by molar-refractivity contribution is 7.08. The molecule has 0 aliphatic carbocycles. The molecule has 5 N–H and O–H groups in total. The van der Waals surface area contributed by atoms with E-state index in [-0.39, 0.29) is 0 Å². The average Bonchev–Trinajstić information content (AvgIpc) is 2.08. The Morgan fingerprint density at radius 3 is 2.44 bits per heavy atom. The van der Waals surface area contributed by atoms with Crippen molar-refractivity contribution >= 4 is 11.3 Å². The van der Waals surface area contributed by atoms with Gasteiger partial charge in [0, 0.05) is 5.56 Å². The zero-order valence-corrected chi connectivity index (χ0v) is 5.56. The average molecular weight is 144 g/mol. The van der Waals surface area contributed by atoms with Gasteiger partial charge in [0.1, 0.15) is 0 Å². The monoisotopic (exact) mass is 144 g/mol. The van der Waals surface area contributed by atoms with Crippen LogP contribution in [-0.2, 0) is 5.85 Å². The van der Waals surface area contributed by atoms with E-state index in [9.17, 15) is 0 Å². The molecule has 50 valence electrons. The maximum Gasteiger partial charge on any atom is 0.195 e. The minimum atomic E-state index is -1.67. The lowest BCUT2D eigenvalue weighted by atomic mass is 10.2. The van der Waals surface area contributed by atoms with Gasteiger partial charge in [0.05, 0.1) is 0 Å². The van der Waals surface area contributed by atoms with Gasteiger partial charge in [-0.2, -0.15) is 11.3 Å². The summed E-state index contributed by atoms with van der Waals surface area (Å²) in [5.74, 6) is -1.67. The maximum atomic E-state index is 8.94. The Hall–Kier alpha value is -0.420. The van der Waals surface area contributed by atoms with Gasteiger partial charge in [0.15, 0.2) is 5.85 Å². The molecule has 0 amide bonds. The molecule has 1 aromatic heterocycles. The van der Waals surface area contributed by atoms with E-state index in [1.807, 2.05) is 0 Å². The van der Waals surface area contributed by atoms with Crippen LogP contribution in [0.2, 0.25) is 0 Å². The normalized spacial score (nSPS) is 11.9. The molecule has 0 aliphatic rings. The quantitative estimate of drug-likeness (QED) is 0.477. The molecule has 1 aromatic rings. The van der Waals surface area contributed by atoms with Gasteiger partial charge in [-0.1, -0.05) is 0 Å². The van der Waals surface area contributed by atoms with Crippen molar-refractivity contribution in [3.8, 4) is 0 Å². The van der Waals surface area contributed by atoms with E-state index in [1.54, 1.807) is 16.8 Å². The number of thiophene rings is 1. The molecule has 0 aliphatic heterocycles. The van der Waals surface area contributed by atoms with Crippen molar-refractivity contribution in [3.63, 3.8) is 0 Å². The van der Waals surface area contributed by atoms with Crippen LogP contribution in [0.4, 0.5) is 0 Å². The van der Waals surface area contributed by atoms with E-state index in [4.69, 9.17) is 16.6 Å². The summed E-state index contributed by atoms with van der Waals surface area (Å²) >= 11 is 1.45. The standard InChI is InChI=1S/C5H8N2OS/c6-5(7,8)4-1-2-9-3-4/h1-3,8H,6-7H2. The summed E-state index contributed by atoms with van der Waals surface area (Å²) in [6, 6.07) is 1.69. The second-order valence-corrected chi connectivity index (χ2v) is 2.62. The molecule has 1 heterocycles.